The number of hydrogen-bond acceptors (Lipinski definition) is 3. The normalized spacial score (nSPS) is 10.4. The van der Waals surface area contributed by atoms with Crippen molar-refractivity contribution in [2.75, 3.05) is 0 Å². The Morgan fingerprint density at radius 1 is 1.22 bits per heavy atom. The molecule has 0 saturated heterocycles. The molecule has 94 valence electrons. The molecule has 0 N–H and O–H groups in total. The maximum Gasteiger partial charge on any atom is 0.223 e. The lowest BCUT2D eigenvalue weighted by Crippen LogP contribution is -1.96. The molecule has 1 heterocycles. The van der Waals surface area contributed by atoms with E-state index in [1.807, 2.05) is 6.92 Å². The van der Waals surface area contributed by atoms with E-state index in [2.05, 4.69) is 41.8 Å². The number of nitrogens with zero attached hydrogens (tertiary/aromatic N) is 2. The second-order valence-electron chi connectivity index (χ2n) is 3.48. The predicted octanol–water partition coefficient (Wildman–Crippen LogP) is 5.01. The van der Waals surface area contributed by atoms with Gasteiger partial charge in [0.2, 0.25) is 5.88 Å². The van der Waals surface area contributed by atoms with Crippen molar-refractivity contribution < 1.29 is 4.74 Å². The smallest absolute Gasteiger partial charge is 0.223 e. The highest BCUT2D eigenvalue weighted by atomic mass is 79.9. The van der Waals surface area contributed by atoms with Crippen LogP contribution in [0.4, 0.5) is 0 Å². The minimum absolute atomic E-state index is 0.497. The van der Waals surface area contributed by atoms with Crippen molar-refractivity contribution in [1.82, 2.24) is 9.97 Å². The van der Waals surface area contributed by atoms with Crippen LogP contribution in [-0.2, 0) is 6.42 Å². The third-order valence-corrected chi connectivity index (χ3v) is 3.40. The Kier molecular flexibility index (Phi) is 4.59. The van der Waals surface area contributed by atoms with Gasteiger partial charge in [0.25, 0.3) is 0 Å². The van der Waals surface area contributed by atoms with Crippen LogP contribution in [-0.4, -0.2) is 9.97 Å². The summed E-state index contributed by atoms with van der Waals surface area (Å²) in [6.45, 7) is 1.99. The summed E-state index contributed by atoms with van der Waals surface area (Å²) < 4.78 is 7.18. The fourth-order valence-corrected chi connectivity index (χ4v) is 2.49. The van der Waals surface area contributed by atoms with Crippen LogP contribution in [0, 0.1) is 0 Å². The van der Waals surface area contributed by atoms with Crippen molar-refractivity contribution in [3.63, 3.8) is 0 Å². The zero-order valence-electron chi connectivity index (χ0n) is 9.45. The Bertz CT molecular complexity index is 578. The van der Waals surface area contributed by atoms with Gasteiger partial charge in [0.05, 0.1) is 4.47 Å². The van der Waals surface area contributed by atoms with Gasteiger partial charge in [-0.2, -0.15) is 4.98 Å². The molecule has 0 bridgehead atoms. The minimum atomic E-state index is 0.497. The van der Waals surface area contributed by atoms with Gasteiger partial charge in [-0.15, -0.1) is 0 Å². The third-order valence-electron chi connectivity index (χ3n) is 2.14. The Labute approximate surface area is 127 Å². The van der Waals surface area contributed by atoms with Crippen LogP contribution >= 0.6 is 43.5 Å². The van der Waals surface area contributed by atoms with Crippen molar-refractivity contribution in [2.24, 2.45) is 0 Å². The highest BCUT2D eigenvalue weighted by molar-refractivity contribution is 9.10. The number of rotatable bonds is 3. The topological polar surface area (TPSA) is 35.0 Å². The van der Waals surface area contributed by atoms with Gasteiger partial charge in [0.15, 0.2) is 0 Å². The monoisotopic (exact) mass is 390 g/mol. The molecule has 1 aromatic heterocycles. The number of aryl methyl sites for hydroxylation is 1. The van der Waals surface area contributed by atoms with Gasteiger partial charge in [-0.05, 0) is 50.1 Å². The first-order valence-electron chi connectivity index (χ1n) is 5.25. The molecule has 18 heavy (non-hydrogen) atoms. The Balaban J connectivity index is 2.30. The average Bonchev–Trinajstić information content (AvgIpc) is 2.32. The summed E-state index contributed by atoms with van der Waals surface area (Å²) >= 11 is 12.6. The molecule has 0 saturated carbocycles. The molecule has 2 rings (SSSR count). The van der Waals surface area contributed by atoms with Gasteiger partial charge < -0.3 is 4.74 Å². The predicted molar refractivity (Wildman–Crippen MR) is 78.3 cm³/mol. The lowest BCUT2D eigenvalue weighted by Gasteiger charge is -2.08. The van der Waals surface area contributed by atoms with E-state index in [0.29, 0.717) is 21.3 Å². The number of hydrogen-bond donors (Lipinski definition) is 0. The van der Waals surface area contributed by atoms with Crippen molar-refractivity contribution >= 4 is 43.5 Å². The van der Waals surface area contributed by atoms with Gasteiger partial charge >= 0.3 is 0 Å². The lowest BCUT2D eigenvalue weighted by atomic mass is 10.3. The minimum Gasteiger partial charge on any atom is -0.438 e. The first-order chi connectivity index (χ1) is 8.58. The van der Waals surface area contributed by atoms with E-state index < -0.39 is 0 Å². The molecule has 0 aliphatic heterocycles. The van der Waals surface area contributed by atoms with Crippen molar-refractivity contribution in [1.29, 1.82) is 0 Å². The summed E-state index contributed by atoms with van der Waals surface area (Å²) in [7, 11) is 0. The van der Waals surface area contributed by atoms with Gasteiger partial charge in [-0.1, -0.05) is 18.5 Å². The van der Waals surface area contributed by atoms with E-state index in [4.69, 9.17) is 16.3 Å². The zero-order chi connectivity index (χ0) is 13.1. The number of benzene rings is 1. The highest BCUT2D eigenvalue weighted by Crippen LogP contribution is 2.31. The fourth-order valence-electron chi connectivity index (χ4n) is 1.32. The summed E-state index contributed by atoms with van der Waals surface area (Å²) in [5, 5.41) is 0.646. The molecular formula is C12H9Br2ClN2O. The average molecular weight is 392 g/mol. The van der Waals surface area contributed by atoms with E-state index in [1.54, 1.807) is 24.3 Å². The molecule has 6 heteroatoms. The molecule has 0 spiro atoms. The summed E-state index contributed by atoms with van der Waals surface area (Å²) in [5.41, 5.74) is 0. The molecule has 0 radical (unpaired) electrons. The van der Waals surface area contributed by atoms with E-state index in [0.717, 1.165) is 16.7 Å². The van der Waals surface area contributed by atoms with Gasteiger partial charge in [0.1, 0.15) is 16.2 Å². The Hall–Kier alpha value is -0.650. The van der Waals surface area contributed by atoms with E-state index >= 15 is 0 Å². The maximum absolute atomic E-state index is 5.87. The molecular weight excluding hydrogens is 383 g/mol. The Morgan fingerprint density at radius 2 is 2.00 bits per heavy atom. The van der Waals surface area contributed by atoms with Crippen LogP contribution < -0.4 is 4.74 Å². The van der Waals surface area contributed by atoms with E-state index in [1.165, 1.54) is 0 Å². The molecule has 3 nitrogen and oxygen atoms in total. The van der Waals surface area contributed by atoms with Crippen LogP contribution in [0.15, 0.2) is 33.3 Å². The summed E-state index contributed by atoms with van der Waals surface area (Å²) in [6.07, 6.45) is 0.748. The molecule has 0 atom stereocenters. The van der Waals surface area contributed by atoms with Gasteiger partial charge in [0, 0.05) is 17.5 Å². The molecule has 1 aromatic carbocycles. The molecule has 2 aromatic rings. The van der Waals surface area contributed by atoms with E-state index in [-0.39, 0.29) is 0 Å². The van der Waals surface area contributed by atoms with E-state index in [9.17, 15) is 0 Å². The molecule has 0 aliphatic carbocycles. The highest BCUT2D eigenvalue weighted by Gasteiger charge is 2.07. The van der Waals surface area contributed by atoms with Crippen LogP contribution in [0.2, 0.25) is 5.02 Å². The van der Waals surface area contributed by atoms with Gasteiger partial charge in [-0.25, -0.2) is 4.98 Å². The summed E-state index contributed by atoms with van der Waals surface area (Å²) in [4.78, 5) is 8.52. The van der Waals surface area contributed by atoms with Crippen molar-refractivity contribution in [2.45, 2.75) is 13.3 Å². The SMILES string of the molecule is CCc1nc(Br)cc(Oc2ccc(Cl)cc2Br)n1. The number of halogens is 3. The summed E-state index contributed by atoms with van der Waals surface area (Å²) in [6, 6.07) is 7.04. The van der Waals surface area contributed by atoms with Crippen molar-refractivity contribution in [3.05, 3.63) is 44.2 Å². The third kappa shape index (κ3) is 3.43. The van der Waals surface area contributed by atoms with Crippen LogP contribution in [0.1, 0.15) is 12.7 Å². The summed E-state index contributed by atoms with van der Waals surface area (Å²) in [5.74, 6) is 1.88. The maximum atomic E-state index is 5.87. The quantitative estimate of drug-likeness (QED) is 0.689. The number of ether oxygens (including phenoxy) is 1. The fraction of sp³-hybridized carbons (Fsp3) is 0.167. The van der Waals surface area contributed by atoms with Gasteiger partial charge in [-0.3, -0.25) is 0 Å². The largest absolute Gasteiger partial charge is 0.438 e. The standard InChI is InChI=1S/C12H9Br2ClN2O/c1-2-11-16-10(14)6-12(17-11)18-9-4-3-7(15)5-8(9)13/h3-6H,2H2,1H3. The molecule has 0 unspecified atom stereocenters. The number of aromatic nitrogens is 2. The van der Waals surface area contributed by atoms with Crippen LogP contribution in [0.3, 0.4) is 0 Å². The first kappa shape index (κ1) is 13.8. The molecule has 0 amide bonds. The van der Waals surface area contributed by atoms with Crippen molar-refractivity contribution in [3.8, 4) is 11.6 Å². The lowest BCUT2D eigenvalue weighted by molar-refractivity contribution is 0.455. The first-order valence-corrected chi connectivity index (χ1v) is 7.21. The Morgan fingerprint density at radius 3 is 2.67 bits per heavy atom. The van der Waals surface area contributed by atoms with Crippen LogP contribution in [0.5, 0.6) is 11.6 Å². The molecule has 0 aliphatic rings. The second-order valence-corrected chi connectivity index (χ2v) is 5.58. The zero-order valence-corrected chi connectivity index (χ0v) is 13.4. The van der Waals surface area contributed by atoms with Crippen LogP contribution in [0.25, 0.3) is 0 Å². The molecule has 0 fully saturated rings. The second kappa shape index (κ2) is 5.99.